The van der Waals surface area contributed by atoms with Crippen molar-refractivity contribution >= 4 is 12.0 Å². The summed E-state index contributed by atoms with van der Waals surface area (Å²) in [6, 6.07) is 2.77. The van der Waals surface area contributed by atoms with Gasteiger partial charge in [0.15, 0.2) is 11.5 Å². The van der Waals surface area contributed by atoms with Gasteiger partial charge in [-0.1, -0.05) is 0 Å². The molecule has 1 fully saturated rings. The molecule has 27 heavy (non-hydrogen) atoms. The topological polar surface area (TPSA) is 86.3 Å². The lowest BCUT2D eigenvalue weighted by molar-refractivity contribution is -0.139. The number of ether oxygens (including phenoxy) is 4. The first-order valence-electron chi connectivity index (χ1n) is 9.00. The van der Waals surface area contributed by atoms with Gasteiger partial charge in [0.1, 0.15) is 0 Å². The van der Waals surface area contributed by atoms with Gasteiger partial charge in [0.05, 0.1) is 25.3 Å². The van der Waals surface area contributed by atoms with Gasteiger partial charge >= 0.3 is 12.0 Å². The molecule has 8 heteroatoms. The summed E-state index contributed by atoms with van der Waals surface area (Å²) < 4.78 is 21.6. The van der Waals surface area contributed by atoms with Crippen LogP contribution in [0.15, 0.2) is 23.4 Å². The molecule has 2 aliphatic heterocycles. The van der Waals surface area contributed by atoms with Crippen molar-refractivity contribution in [3.8, 4) is 17.2 Å². The Kier molecular flexibility index (Phi) is 4.33. The summed E-state index contributed by atoms with van der Waals surface area (Å²) in [5, 5.41) is 2.94. The fourth-order valence-corrected chi connectivity index (χ4v) is 3.57. The number of nitrogens with zero attached hydrogens (tertiary/aromatic N) is 1. The molecule has 1 atom stereocenters. The Morgan fingerprint density at radius 3 is 2.78 bits per heavy atom. The highest BCUT2D eigenvalue weighted by Gasteiger charge is 2.43. The van der Waals surface area contributed by atoms with Crippen LogP contribution in [0.2, 0.25) is 0 Å². The molecule has 2 heterocycles. The number of urea groups is 1. The molecule has 2 amide bonds. The molecule has 1 aliphatic carbocycles. The Hall–Kier alpha value is -2.90. The predicted molar refractivity (Wildman–Crippen MR) is 94.6 cm³/mol. The molecule has 0 spiro atoms. The molecule has 144 valence electrons. The van der Waals surface area contributed by atoms with Crippen LogP contribution in [0.1, 0.15) is 38.3 Å². The normalized spacial score (nSPS) is 21.2. The second kappa shape index (κ2) is 6.68. The lowest BCUT2D eigenvalue weighted by Gasteiger charge is -2.35. The minimum absolute atomic E-state index is 0.0984. The number of esters is 1. The molecule has 0 aromatic heterocycles. The van der Waals surface area contributed by atoms with Crippen molar-refractivity contribution in [1.29, 1.82) is 0 Å². The minimum Gasteiger partial charge on any atom is -0.493 e. The number of allylic oxidation sites excluding steroid dienone is 1. The van der Waals surface area contributed by atoms with Crippen molar-refractivity contribution in [2.45, 2.75) is 38.8 Å². The van der Waals surface area contributed by atoms with Gasteiger partial charge in [-0.15, -0.1) is 0 Å². The summed E-state index contributed by atoms with van der Waals surface area (Å²) in [6.07, 6.45) is 1.87. The van der Waals surface area contributed by atoms with E-state index in [4.69, 9.17) is 18.9 Å². The number of benzene rings is 1. The van der Waals surface area contributed by atoms with Gasteiger partial charge in [-0.2, -0.15) is 0 Å². The molecule has 1 aromatic rings. The first kappa shape index (κ1) is 17.5. The molecule has 0 bridgehead atoms. The van der Waals surface area contributed by atoms with Gasteiger partial charge in [0.2, 0.25) is 12.5 Å². The zero-order valence-corrected chi connectivity index (χ0v) is 15.5. The summed E-state index contributed by atoms with van der Waals surface area (Å²) in [5.41, 5.74) is 1.72. The molecule has 1 saturated carbocycles. The monoisotopic (exact) mass is 374 g/mol. The quantitative estimate of drug-likeness (QED) is 0.797. The number of amides is 2. The minimum atomic E-state index is -0.657. The number of rotatable bonds is 5. The Bertz CT molecular complexity index is 830. The molecule has 1 aromatic carbocycles. The SMILES string of the molecule is CCOC(=O)C1=C(C)N(C2CC2)C(=O)NC1c1cc(OC)c2c(c1)OCO2. The van der Waals surface area contributed by atoms with Crippen molar-refractivity contribution in [2.75, 3.05) is 20.5 Å². The fourth-order valence-electron chi connectivity index (χ4n) is 3.57. The number of hydrogen-bond donors (Lipinski definition) is 1. The summed E-state index contributed by atoms with van der Waals surface area (Å²) in [7, 11) is 1.53. The number of carbonyl (C=O) groups is 2. The van der Waals surface area contributed by atoms with E-state index in [0.29, 0.717) is 34.1 Å². The highest BCUT2D eigenvalue weighted by atomic mass is 16.7. The maximum Gasteiger partial charge on any atom is 0.338 e. The zero-order chi connectivity index (χ0) is 19.1. The summed E-state index contributed by atoms with van der Waals surface area (Å²) in [5.74, 6) is 1.08. The number of hydrogen-bond acceptors (Lipinski definition) is 6. The van der Waals surface area contributed by atoms with Crippen LogP contribution in [-0.2, 0) is 9.53 Å². The van der Waals surface area contributed by atoms with Crippen LogP contribution in [0.4, 0.5) is 4.79 Å². The van der Waals surface area contributed by atoms with Gasteiger partial charge in [-0.05, 0) is 44.4 Å². The van der Waals surface area contributed by atoms with E-state index >= 15 is 0 Å². The first-order chi connectivity index (χ1) is 13.0. The first-order valence-corrected chi connectivity index (χ1v) is 9.00. The predicted octanol–water partition coefficient (Wildman–Crippen LogP) is 2.49. The Morgan fingerprint density at radius 2 is 2.11 bits per heavy atom. The average molecular weight is 374 g/mol. The van der Waals surface area contributed by atoms with Crippen LogP contribution in [0, 0.1) is 0 Å². The van der Waals surface area contributed by atoms with Gasteiger partial charge in [0, 0.05) is 11.7 Å². The van der Waals surface area contributed by atoms with E-state index in [1.165, 1.54) is 7.11 Å². The van der Waals surface area contributed by atoms with Crippen molar-refractivity contribution in [1.82, 2.24) is 10.2 Å². The molecular formula is C19H22N2O6. The van der Waals surface area contributed by atoms with E-state index in [0.717, 1.165) is 12.8 Å². The second-order valence-electron chi connectivity index (χ2n) is 6.66. The molecule has 1 N–H and O–H groups in total. The molecular weight excluding hydrogens is 352 g/mol. The molecule has 3 aliphatic rings. The van der Waals surface area contributed by atoms with Crippen LogP contribution in [0.5, 0.6) is 17.2 Å². The van der Waals surface area contributed by atoms with Gasteiger partial charge in [0.25, 0.3) is 0 Å². The van der Waals surface area contributed by atoms with Gasteiger partial charge in [-0.25, -0.2) is 9.59 Å². The fraction of sp³-hybridized carbons (Fsp3) is 0.474. The van der Waals surface area contributed by atoms with Crippen LogP contribution in [-0.4, -0.2) is 43.5 Å². The van der Waals surface area contributed by atoms with E-state index < -0.39 is 12.0 Å². The maximum atomic E-state index is 12.7. The summed E-state index contributed by atoms with van der Waals surface area (Å²) >= 11 is 0. The third-order valence-corrected chi connectivity index (χ3v) is 4.95. The molecule has 8 nitrogen and oxygen atoms in total. The van der Waals surface area contributed by atoms with Gasteiger partial charge < -0.3 is 24.3 Å². The second-order valence-corrected chi connectivity index (χ2v) is 6.66. The van der Waals surface area contributed by atoms with E-state index in [-0.39, 0.29) is 25.5 Å². The van der Waals surface area contributed by atoms with E-state index in [9.17, 15) is 9.59 Å². The third-order valence-electron chi connectivity index (χ3n) is 4.95. The molecule has 0 radical (unpaired) electrons. The molecule has 4 rings (SSSR count). The van der Waals surface area contributed by atoms with E-state index in [1.54, 1.807) is 30.9 Å². The van der Waals surface area contributed by atoms with Crippen molar-refractivity contribution in [3.63, 3.8) is 0 Å². The number of fused-ring (bicyclic) bond motifs is 1. The third kappa shape index (κ3) is 2.94. The largest absolute Gasteiger partial charge is 0.493 e. The van der Waals surface area contributed by atoms with E-state index in [1.807, 2.05) is 0 Å². The summed E-state index contributed by atoms with van der Waals surface area (Å²) in [4.78, 5) is 27.1. The Balaban J connectivity index is 1.80. The van der Waals surface area contributed by atoms with E-state index in [2.05, 4.69) is 5.32 Å². The van der Waals surface area contributed by atoms with Crippen LogP contribution in [0.3, 0.4) is 0 Å². The lowest BCUT2D eigenvalue weighted by Crippen LogP contribution is -2.48. The van der Waals surface area contributed by atoms with Crippen LogP contribution in [0.25, 0.3) is 0 Å². The van der Waals surface area contributed by atoms with Crippen LogP contribution >= 0.6 is 0 Å². The van der Waals surface area contributed by atoms with Crippen molar-refractivity contribution in [2.24, 2.45) is 0 Å². The van der Waals surface area contributed by atoms with Crippen molar-refractivity contribution in [3.05, 3.63) is 29.0 Å². The highest BCUT2D eigenvalue weighted by Crippen LogP contribution is 2.45. The smallest absolute Gasteiger partial charge is 0.338 e. The highest BCUT2D eigenvalue weighted by molar-refractivity contribution is 5.95. The Labute approximate surface area is 157 Å². The standard InChI is InChI=1S/C19H22N2O6/c1-4-25-18(22)15-10(2)21(12-5-6-12)19(23)20-16(15)11-7-13(24-3)17-14(8-11)26-9-27-17/h7-8,12,16H,4-6,9H2,1-3H3,(H,20,23). The van der Waals surface area contributed by atoms with Crippen LogP contribution < -0.4 is 19.5 Å². The average Bonchev–Trinajstić information content (AvgIpc) is 3.35. The maximum absolute atomic E-state index is 12.7. The number of methoxy groups -OCH3 is 1. The summed E-state index contributed by atoms with van der Waals surface area (Å²) in [6.45, 7) is 3.90. The number of carbonyl (C=O) groups excluding carboxylic acids is 2. The lowest BCUT2D eigenvalue weighted by atomic mass is 9.94. The molecule has 1 unspecified atom stereocenters. The van der Waals surface area contributed by atoms with Crippen molar-refractivity contribution < 1.29 is 28.5 Å². The Morgan fingerprint density at radius 1 is 1.33 bits per heavy atom. The molecule has 0 saturated heterocycles. The zero-order valence-electron chi connectivity index (χ0n) is 15.5. The number of nitrogens with one attached hydrogen (secondary N) is 1. The van der Waals surface area contributed by atoms with Gasteiger partial charge in [-0.3, -0.25) is 4.90 Å².